The van der Waals surface area contributed by atoms with Crippen LogP contribution in [0.15, 0.2) is 24.5 Å². The maximum Gasteiger partial charge on any atom is 0.234 e. The average Bonchev–Trinajstić information content (AvgIpc) is 3.10. The number of nitrogens with zero attached hydrogens (tertiary/aromatic N) is 4. The molecule has 3 aromatic rings. The van der Waals surface area contributed by atoms with Gasteiger partial charge in [0.2, 0.25) is 11.8 Å². The molecule has 2 aromatic heterocycles. The Morgan fingerprint density at radius 1 is 1.17 bits per heavy atom. The maximum atomic E-state index is 14.6. The number of alkyl halides is 1. The molecular formula is C26H26ClFN4O3S. The molecule has 1 aromatic carbocycles. The summed E-state index contributed by atoms with van der Waals surface area (Å²) in [6.45, 7) is 6.85. The number of halogens is 2. The first-order valence-electron chi connectivity index (χ1n) is 11.9. The second-order valence-corrected chi connectivity index (χ2v) is 12.3. The van der Waals surface area contributed by atoms with E-state index >= 15 is 0 Å². The van der Waals surface area contributed by atoms with Crippen LogP contribution in [0.3, 0.4) is 0 Å². The number of hydrogen-bond acceptors (Lipinski definition) is 7. The lowest BCUT2D eigenvalue weighted by atomic mass is 10.1. The van der Waals surface area contributed by atoms with Gasteiger partial charge in [0.05, 0.1) is 34.3 Å². The van der Waals surface area contributed by atoms with Gasteiger partial charge in [-0.15, -0.1) is 11.3 Å². The van der Waals surface area contributed by atoms with Gasteiger partial charge in [-0.3, -0.25) is 19.4 Å². The van der Waals surface area contributed by atoms with Crippen molar-refractivity contribution in [2.75, 3.05) is 20.1 Å². The van der Waals surface area contributed by atoms with Gasteiger partial charge < -0.3 is 4.74 Å². The number of likely N-dealkylation sites (N-methyl/N-ethyl adjacent to an activating group) is 1. The molecule has 1 aliphatic carbocycles. The van der Waals surface area contributed by atoms with E-state index in [0.717, 1.165) is 15.1 Å². The zero-order valence-electron chi connectivity index (χ0n) is 20.4. The monoisotopic (exact) mass is 528 g/mol. The van der Waals surface area contributed by atoms with Crippen molar-refractivity contribution >= 4 is 45.0 Å². The topological polar surface area (TPSA) is 75.6 Å². The number of amides is 2. The van der Waals surface area contributed by atoms with Gasteiger partial charge in [-0.25, -0.2) is 14.4 Å². The largest absolute Gasteiger partial charge is 0.485 e. The lowest BCUT2D eigenvalue weighted by molar-refractivity contribution is -0.143. The predicted molar refractivity (Wildman–Crippen MR) is 136 cm³/mol. The Morgan fingerprint density at radius 2 is 1.89 bits per heavy atom. The summed E-state index contributed by atoms with van der Waals surface area (Å²) >= 11 is 7.86. The molecule has 0 radical (unpaired) electrons. The molecule has 1 saturated carbocycles. The van der Waals surface area contributed by atoms with Crippen molar-refractivity contribution < 1.29 is 18.7 Å². The zero-order chi connectivity index (χ0) is 25.5. The van der Waals surface area contributed by atoms with E-state index in [1.54, 1.807) is 12.1 Å². The Bertz CT molecular complexity index is 1400. The van der Waals surface area contributed by atoms with Crippen LogP contribution in [0.2, 0.25) is 5.02 Å². The summed E-state index contributed by atoms with van der Waals surface area (Å²) < 4.78 is 21.6. The highest BCUT2D eigenvalue weighted by Crippen LogP contribution is 2.63. The first kappa shape index (κ1) is 23.8. The number of aromatic nitrogens is 2. The van der Waals surface area contributed by atoms with Gasteiger partial charge in [-0.1, -0.05) is 25.4 Å². The Hall–Kier alpha value is -2.62. The number of fused-ring (bicyclic) bond motifs is 2. The summed E-state index contributed by atoms with van der Waals surface area (Å²) in [4.78, 5) is 38.7. The first-order valence-corrected chi connectivity index (χ1v) is 13.1. The fourth-order valence-electron chi connectivity index (χ4n) is 5.73. The maximum absolute atomic E-state index is 14.6. The SMILES string of the molecule is Cc1cc(Cl)cc(-c2ncnc3cc(CN4C(=O)C5C(C4=O)C5(C)C)sc23)c1O[C@@H]1CN(C)C[C@@H]1F. The van der Waals surface area contributed by atoms with Gasteiger partial charge in [-0.2, -0.15) is 0 Å². The van der Waals surface area contributed by atoms with Crippen LogP contribution in [0.1, 0.15) is 24.3 Å². The van der Waals surface area contributed by atoms with Gasteiger partial charge >= 0.3 is 0 Å². The summed E-state index contributed by atoms with van der Waals surface area (Å²) in [7, 11) is 1.87. The van der Waals surface area contributed by atoms with Crippen molar-refractivity contribution in [3.05, 3.63) is 40.0 Å². The molecule has 0 bridgehead atoms. The van der Waals surface area contributed by atoms with Crippen LogP contribution in [-0.4, -0.2) is 64.0 Å². The number of carbonyl (C=O) groups is 2. The Labute approximate surface area is 217 Å². The smallest absolute Gasteiger partial charge is 0.234 e. The van der Waals surface area contributed by atoms with Crippen molar-refractivity contribution in [3.8, 4) is 17.0 Å². The molecule has 10 heteroatoms. The quantitative estimate of drug-likeness (QED) is 0.454. The van der Waals surface area contributed by atoms with Crippen molar-refractivity contribution in [2.24, 2.45) is 17.3 Å². The minimum atomic E-state index is -1.09. The number of likely N-dealkylation sites (tertiary alicyclic amines) is 2. The van der Waals surface area contributed by atoms with Crippen LogP contribution in [0.5, 0.6) is 5.75 Å². The van der Waals surface area contributed by atoms with E-state index in [4.69, 9.17) is 16.3 Å². The molecule has 0 spiro atoms. The minimum Gasteiger partial charge on any atom is -0.485 e. The average molecular weight is 529 g/mol. The van der Waals surface area contributed by atoms with Crippen LogP contribution in [0, 0.1) is 24.2 Å². The summed E-state index contributed by atoms with van der Waals surface area (Å²) in [5.74, 6) is -0.0651. The van der Waals surface area contributed by atoms with Crippen LogP contribution >= 0.6 is 22.9 Å². The minimum absolute atomic E-state index is 0.0952. The molecular weight excluding hydrogens is 503 g/mol. The summed E-state index contributed by atoms with van der Waals surface area (Å²) in [5, 5.41) is 0.522. The number of thiophene rings is 1. The molecule has 3 aliphatic rings. The second-order valence-electron chi connectivity index (χ2n) is 10.7. The molecule has 4 heterocycles. The molecule has 6 rings (SSSR count). The molecule has 0 N–H and O–H groups in total. The summed E-state index contributed by atoms with van der Waals surface area (Å²) in [6.07, 6.45) is -0.213. The predicted octanol–water partition coefficient (Wildman–Crippen LogP) is 4.49. The van der Waals surface area contributed by atoms with Crippen molar-refractivity contribution in [3.63, 3.8) is 0 Å². The molecule has 2 unspecified atom stereocenters. The molecule has 36 heavy (non-hydrogen) atoms. The first-order chi connectivity index (χ1) is 17.1. The number of piperidine rings is 1. The highest BCUT2D eigenvalue weighted by molar-refractivity contribution is 7.19. The Kier molecular flexibility index (Phi) is 5.41. The zero-order valence-corrected chi connectivity index (χ0v) is 22.0. The summed E-state index contributed by atoms with van der Waals surface area (Å²) in [5.41, 5.74) is 2.55. The van der Waals surface area contributed by atoms with Crippen molar-refractivity contribution in [1.29, 1.82) is 0 Å². The fraction of sp³-hybridized carbons (Fsp3) is 0.462. The second kappa shape index (κ2) is 8.19. The summed E-state index contributed by atoms with van der Waals surface area (Å²) in [6, 6.07) is 5.46. The van der Waals surface area contributed by atoms with Gasteiger partial charge in [0.25, 0.3) is 0 Å². The van der Waals surface area contributed by atoms with Crippen LogP contribution in [0.4, 0.5) is 4.39 Å². The number of imide groups is 1. The molecule has 2 amide bonds. The third kappa shape index (κ3) is 3.63. The molecule has 7 nitrogen and oxygen atoms in total. The van der Waals surface area contributed by atoms with Gasteiger partial charge in [-0.05, 0) is 43.1 Å². The highest BCUT2D eigenvalue weighted by atomic mass is 35.5. The van der Waals surface area contributed by atoms with Gasteiger partial charge in [0.15, 0.2) is 6.17 Å². The Balaban J connectivity index is 1.36. The van der Waals surface area contributed by atoms with E-state index in [2.05, 4.69) is 9.97 Å². The Morgan fingerprint density at radius 3 is 2.56 bits per heavy atom. The highest BCUT2D eigenvalue weighted by Gasteiger charge is 2.72. The van der Waals surface area contributed by atoms with Crippen LogP contribution in [0.25, 0.3) is 21.5 Å². The van der Waals surface area contributed by atoms with Crippen molar-refractivity contribution in [1.82, 2.24) is 19.8 Å². The number of rotatable bonds is 5. The number of carbonyl (C=O) groups excluding carboxylic acids is 2. The normalized spacial score (nSPS) is 27.2. The van der Waals surface area contributed by atoms with Crippen LogP contribution in [-0.2, 0) is 16.1 Å². The third-order valence-electron chi connectivity index (χ3n) is 7.71. The number of hydrogen-bond donors (Lipinski definition) is 0. The van der Waals surface area contributed by atoms with Crippen molar-refractivity contribution in [2.45, 2.75) is 39.6 Å². The van der Waals surface area contributed by atoms with E-state index in [9.17, 15) is 14.0 Å². The number of ether oxygens (including phenoxy) is 1. The molecule has 2 aliphatic heterocycles. The molecule has 4 atom stereocenters. The molecule has 188 valence electrons. The lowest BCUT2D eigenvalue weighted by Crippen LogP contribution is -2.35. The molecule has 3 fully saturated rings. The molecule has 2 saturated heterocycles. The van der Waals surface area contributed by atoms with E-state index in [1.807, 2.05) is 38.8 Å². The number of aryl methyl sites for hydroxylation is 1. The van der Waals surface area contributed by atoms with E-state index in [-0.39, 0.29) is 35.6 Å². The number of benzene rings is 1. The standard InChI is InChI=1S/C26H26ClFN4O3S/c1-12-5-13(27)6-15(22(12)35-18-10-31(4)9-16(18)28)21-23-17(29-11-30-21)7-14(36-23)8-32-24(33)19-20(25(32)34)26(19,2)3/h5-7,11,16,18-20H,8-10H2,1-4H3/t16-,18+,19?,20?/m0/s1. The van der Waals surface area contributed by atoms with Gasteiger partial charge in [0, 0.05) is 28.6 Å². The van der Waals surface area contributed by atoms with Crippen LogP contribution < -0.4 is 4.74 Å². The third-order valence-corrected chi connectivity index (χ3v) is 9.05. The van der Waals surface area contributed by atoms with E-state index in [0.29, 0.717) is 40.6 Å². The van der Waals surface area contributed by atoms with Gasteiger partial charge in [0.1, 0.15) is 18.2 Å². The lowest BCUT2D eigenvalue weighted by Gasteiger charge is -2.20. The van der Waals surface area contributed by atoms with E-state index in [1.165, 1.54) is 22.6 Å². The fourth-order valence-corrected chi connectivity index (χ4v) is 7.10. The van der Waals surface area contributed by atoms with E-state index < -0.39 is 12.3 Å².